The molecule has 0 rings (SSSR count). The maximum atomic E-state index is 10.9. The maximum Gasteiger partial charge on any atom is 0.212 e. The third-order valence-corrected chi connectivity index (χ3v) is 3.39. The first kappa shape index (κ1) is 12.2. The summed E-state index contributed by atoms with van der Waals surface area (Å²) >= 11 is 5.46. The zero-order valence-corrected chi connectivity index (χ0v) is 8.87. The maximum absolute atomic E-state index is 10.9. The van der Waals surface area contributed by atoms with Gasteiger partial charge in [-0.2, -0.15) is 0 Å². The normalized spacial score (nSPS) is 14.6. The Morgan fingerprint density at radius 2 is 2.00 bits per heavy atom. The molecule has 0 heterocycles. The largest absolute Gasteiger partial charge is 0.228 e. The van der Waals surface area contributed by atoms with E-state index in [-0.39, 0.29) is 0 Å². The van der Waals surface area contributed by atoms with E-state index in [4.69, 9.17) is 16.7 Å². The Hall–Kier alpha value is 0.200. The molecule has 0 bridgehead atoms. The van der Waals surface area contributed by atoms with Crippen LogP contribution in [0.1, 0.15) is 32.6 Å². The van der Waals surface area contributed by atoms with Gasteiger partial charge in [0.25, 0.3) is 0 Å². The van der Waals surface area contributed by atoms with Crippen molar-refractivity contribution in [1.82, 2.24) is 0 Å². The van der Waals surface area contributed by atoms with Crippen LogP contribution in [0.15, 0.2) is 0 Å². The van der Waals surface area contributed by atoms with E-state index in [0.717, 1.165) is 12.8 Å². The van der Waals surface area contributed by atoms with Gasteiger partial charge >= 0.3 is 0 Å². The molecule has 0 radical (unpaired) electrons. The molecular formula is C7H16ClNO2S. The average Bonchev–Trinajstić information content (AvgIpc) is 1.95. The van der Waals surface area contributed by atoms with Crippen LogP contribution in [0.5, 0.6) is 0 Å². The minimum atomic E-state index is -3.38. The molecule has 0 spiro atoms. The summed E-state index contributed by atoms with van der Waals surface area (Å²) in [6, 6.07) is 0. The third kappa shape index (κ3) is 4.95. The Kier molecular flexibility index (Phi) is 5.88. The first-order chi connectivity index (χ1) is 5.52. The van der Waals surface area contributed by atoms with Crippen LogP contribution in [0.2, 0.25) is 0 Å². The summed E-state index contributed by atoms with van der Waals surface area (Å²) in [5, 5.41) is 4.57. The topological polar surface area (TPSA) is 60.2 Å². The van der Waals surface area contributed by atoms with Gasteiger partial charge < -0.3 is 0 Å². The van der Waals surface area contributed by atoms with Crippen molar-refractivity contribution in [2.75, 3.05) is 5.88 Å². The predicted molar refractivity (Wildman–Crippen MR) is 51.8 cm³/mol. The molecule has 0 amide bonds. The van der Waals surface area contributed by atoms with Gasteiger partial charge in [-0.05, 0) is 12.8 Å². The van der Waals surface area contributed by atoms with Crippen LogP contribution < -0.4 is 5.14 Å². The third-order valence-electron chi connectivity index (χ3n) is 1.78. The van der Waals surface area contributed by atoms with Crippen LogP contribution in [-0.4, -0.2) is 19.5 Å². The lowest BCUT2D eigenvalue weighted by Gasteiger charge is -2.11. The molecule has 0 saturated carbocycles. The molecule has 0 aromatic carbocycles. The van der Waals surface area contributed by atoms with Crippen LogP contribution in [-0.2, 0) is 10.0 Å². The minimum Gasteiger partial charge on any atom is -0.228 e. The number of sulfonamides is 1. The van der Waals surface area contributed by atoms with E-state index in [1.807, 2.05) is 6.92 Å². The number of nitrogens with two attached hydrogens (primary N) is 1. The molecule has 0 aromatic heterocycles. The molecule has 1 unspecified atom stereocenters. The van der Waals surface area contributed by atoms with Crippen molar-refractivity contribution in [3.63, 3.8) is 0 Å². The van der Waals surface area contributed by atoms with Crippen molar-refractivity contribution in [1.29, 1.82) is 0 Å². The van der Waals surface area contributed by atoms with Gasteiger partial charge in [-0.25, -0.2) is 13.6 Å². The predicted octanol–water partition coefficient (Wildman–Crippen LogP) is 1.46. The van der Waals surface area contributed by atoms with E-state index in [2.05, 4.69) is 0 Å². The van der Waals surface area contributed by atoms with E-state index < -0.39 is 15.3 Å². The summed E-state index contributed by atoms with van der Waals surface area (Å²) in [5.41, 5.74) is 0. The first-order valence-electron chi connectivity index (χ1n) is 4.10. The van der Waals surface area contributed by atoms with Crippen molar-refractivity contribution < 1.29 is 8.42 Å². The summed E-state index contributed by atoms with van der Waals surface area (Å²) < 4.78 is 21.9. The fourth-order valence-corrected chi connectivity index (χ4v) is 2.36. The molecule has 5 heteroatoms. The monoisotopic (exact) mass is 213 g/mol. The van der Waals surface area contributed by atoms with Gasteiger partial charge in [-0.1, -0.05) is 19.8 Å². The molecule has 74 valence electrons. The molecule has 0 saturated heterocycles. The first-order valence-corrected chi connectivity index (χ1v) is 6.24. The number of alkyl halides is 1. The second kappa shape index (κ2) is 5.78. The summed E-state index contributed by atoms with van der Waals surface area (Å²) in [6.45, 7) is 2.01. The van der Waals surface area contributed by atoms with Crippen molar-refractivity contribution in [2.24, 2.45) is 5.14 Å². The van der Waals surface area contributed by atoms with Gasteiger partial charge in [0.1, 0.15) is 0 Å². The Morgan fingerprint density at radius 3 is 2.33 bits per heavy atom. The van der Waals surface area contributed by atoms with Gasteiger partial charge in [0.05, 0.1) is 5.25 Å². The fraction of sp³-hybridized carbons (Fsp3) is 1.00. The van der Waals surface area contributed by atoms with E-state index in [1.165, 1.54) is 0 Å². The zero-order chi connectivity index (χ0) is 9.61. The van der Waals surface area contributed by atoms with Gasteiger partial charge in [0, 0.05) is 5.88 Å². The molecule has 12 heavy (non-hydrogen) atoms. The van der Waals surface area contributed by atoms with E-state index in [9.17, 15) is 8.42 Å². The number of hydrogen-bond donors (Lipinski definition) is 1. The lowest BCUT2D eigenvalue weighted by molar-refractivity contribution is 0.560. The molecular weight excluding hydrogens is 198 g/mol. The average molecular weight is 214 g/mol. The van der Waals surface area contributed by atoms with Gasteiger partial charge in [0.2, 0.25) is 10.0 Å². The minimum absolute atomic E-state index is 0.352. The number of hydrogen-bond acceptors (Lipinski definition) is 2. The fourth-order valence-electron chi connectivity index (χ4n) is 1.03. The Labute approximate surface area is 79.3 Å². The Bertz CT molecular complexity index is 203. The SMILES string of the molecule is CCCCC(CCCl)S(N)(=O)=O. The Balaban J connectivity index is 4.05. The smallest absolute Gasteiger partial charge is 0.212 e. The summed E-state index contributed by atoms with van der Waals surface area (Å²) in [4.78, 5) is 0. The Morgan fingerprint density at radius 1 is 1.42 bits per heavy atom. The second-order valence-electron chi connectivity index (χ2n) is 2.83. The summed E-state index contributed by atoms with van der Waals surface area (Å²) in [7, 11) is -3.38. The number of primary sulfonamides is 1. The highest BCUT2D eigenvalue weighted by atomic mass is 35.5. The number of unbranched alkanes of at least 4 members (excludes halogenated alkanes) is 1. The highest BCUT2D eigenvalue weighted by Crippen LogP contribution is 2.12. The molecule has 0 aliphatic heterocycles. The molecule has 0 aromatic rings. The van der Waals surface area contributed by atoms with Gasteiger partial charge in [-0.3, -0.25) is 0 Å². The van der Waals surface area contributed by atoms with Crippen molar-refractivity contribution in [2.45, 2.75) is 37.9 Å². The second-order valence-corrected chi connectivity index (χ2v) is 5.05. The van der Waals surface area contributed by atoms with E-state index in [0.29, 0.717) is 18.7 Å². The van der Waals surface area contributed by atoms with Gasteiger partial charge in [0.15, 0.2) is 0 Å². The highest BCUT2D eigenvalue weighted by molar-refractivity contribution is 7.89. The van der Waals surface area contributed by atoms with Crippen LogP contribution in [0.25, 0.3) is 0 Å². The number of rotatable bonds is 6. The van der Waals surface area contributed by atoms with E-state index >= 15 is 0 Å². The standard InChI is InChI=1S/C7H16ClNO2S/c1-2-3-4-7(5-6-8)12(9,10)11/h7H,2-6H2,1H3,(H2,9,10,11). The molecule has 0 fully saturated rings. The lowest BCUT2D eigenvalue weighted by atomic mass is 10.2. The summed E-state index contributed by atoms with van der Waals surface area (Å²) in [5.74, 6) is 0.352. The van der Waals surface area contributed by atoms with Gasteiger partial charge in [-0.15, -0.1) is 11.6 Å². The lowest BCUT2D eigenvalue weighted by Crippen LogP contribution is -2.28. The van der Waals surface area contributed by atoms with Crippen LogP contribution in [0.3, 0.4) is 0 Å². The molecule has 1 atom stereocenters. The zero-order valence-electron chi connectivity index (χ0n) is 7.29. The molecule has 0 aliphatic rings. The molecule has 2 N–H and O–H groups in total. The highest BCUT2D eigenvalue weighted by Gasteiger charge is 2.19. The van der Waals surface area contributed by atoms with Crippen molar-refractivity contribution >= 4 is 21.6 Å². The van der Waals surface area contributed by atoms with Crippen LogP contribution in [0.4, 0.5) is 0 Å². The van der Waals surface area contributed by atoms with Crippen LogP contribution in [0, 0.1) is 0 Å². The number of halogens is 1. The molecule has 0 aliphatic carbocycles. The van der Waals surface area contributed by atoms with E-state index in [1.54, 1.807) is 0 Å². The molecule has 3 nitrogen and oxygen atoms in total. The van der Waals surface area contributed by atoms with Crippen LogP contribution >= 0.6 is 11.6 Å². The quantitative estimate of drug-likeness (QED) is 0.680. The summed E-state index contributed by atoms with van der Waals surface area (Å²) in [6.07, 6.45) is 2.95. The van der Waals surface area contributed by atoms with Crippen molar-refractivity contribution in [3.05, 3.63) is 0 Å². The van der Waals surface area contributed by atoms with Crippen molar-refractivity contribution in [3.8, 4) is 0 Å².